The van der Waals surface area contributed by atoms with Gasteiger partial charge in [0.05, 0.1) is 0 Å². The summed E-state index contributed by atoms with van der Waals surface area (Å²) in [5.74, 6) is 0.951. The molecule has 1 aromatic carbocycles. The molecule has 0 bridgehead atoms. The van der Waals surface area contributed by atoms with Crippen LogP contribution in [0.2, 0.25) is 0 Å². The third-order valence-corrected chi connectivity index (χ3v) is 1.69. The molecule has 15 heavy (non-hydrogen) atoms. The number of aliphatic imine (C=N–C) groups is 1. The first kappa shape index (κ1) is 11.0. The number of nitrogens with zero attached hydrogens (tertiary/aromatic N) is 1. The Morgan fingerprint density at radius 2 is 2.07 bits per heavy atom. The zero-order valence-electron chi connectivity index (χ0n) is 8.64. The van der Waals surface area contributed by atoms with Crippen LogP contribution >= 0.6 is 0 Å². The molecule has 0 aliphatic heterocycles. The summed E-state index contributed by atoms with van der Waals surface area (Å²) < 4.78 is 0. The monoisotopic (exact) mass is 202 g/mol. The van der Waals surface area contributed by atoms with Crippen LogP contribution in [-0.4, -0.2) is 10.9 Å². The molecule has 0 saturated heterocycles. The van der Waals surface area contributed by atoms with E-state index in [2.05, 4.69) is 16.9 Å². The van der Waals surface area contributed by atoms with Crippen LogP contribution in [0.5, 0.6) is 5.75 Å². The molecular weight excluding hydrogens is 188 g/mol. The fourth-order valence-corrected chi connectivity index (χ4v) is 1.07. The van der Waals surface area contributed by atoms with E-state index in [1.807, 2.05) is 19.1 Å². The molecule has 0 spiro atoms. The minimum absolute atomic E-state index is 0.244. The molecule has 0 unspecified atom stereocenters. The highest BCUT2D eigenvalue weighted by Gasteiger charge is 1.95. The van der Waals surface area contributed by atoms with E-state index in [1.54, 1.807) is 24.3 Å². The summed E-state index contributed by atoms with van der Waals surface area (Å²) in [4.78, 5) is 4.05. The summed E-state index contributed by atoms with van der Waals surface area (Å²) >= 11 is 0. The van der Waals surface area contributed by atoms with Gasteiger partial charge in [0.2, 0.25) is 0 Å². The Balaban J connectivity index is 2.78. The maximum Gasteiger partial charge on any atom is 0.129 e. The third-order valence-electron chi connectivity index (χ3n) is 1.69. The number of amidine groups is 1. The minimum Gasteiger partial charge on any atom is -0.508 e. The number of hydrogen-bond donors (Lipinski definition) is 2. The first-order chi connectivity index (χ1) is 7.26. The number of hydrogen-bond acceptors (Lipinski definition) is 2. The predicted octanol–water partition coefficient (Wildman–Crippen LogP) is 2.92. The van der Waals surface area contributed by atoms with Crippen molar-refractivity contribution in [3.63, 3.8) is 0 Å². The second-order valence-corrected chi connectivity index (χ2v) is 2.87. The maximum absolute atomic E-state index is 9.11. The number of anilines is 1. The van der Waals surface area contributed by atoms with Gasteiger partial charge in [0.1, 0.15) is 11.6 Å². The lowest BCUT2D eigenvalue weighted by molar-refractivity contribution is 0.475. The van der Waals surface area contributed by atoms with E-state index in [0.717, 1.165) is 5.69 Å². The molecule has 0 heterocycles. The van der Waals surface area contributed by atoms with Crippen molar-refractivity contribution >= 4 is 11.5 Å². The van der Waals surface area contributed by atoms with E-state index < -0.39 is 0 Å². The van der Waals surface area contributed by atoms with E-state index >= 15 is 0 Å². The van der Waals surface area contributed by atoms with Crippen LogP contribution in [0.4, 0.5) is 5.69 Å². The van der Waals surface area contributed by atoms with Crippen molar-refractivity contribution in [2.75, 3.05) is 5.32 Å². The van der Waals surface area contributed by atoms with Crippen molar-refractivity contribution in [2.45, 2.75) is 6.92 Å². The summed E-state index contributed by atoms with van der Waals surface area (Å²) in [6.45, 7) is 5.45. The number of rotatable bonds is 3. The van der Waals surface area contributed by atoms with Crippen molar-refractivity contribution in [1.82, 2.24) is 0 Å². The number of allylic oxidation sites excluding steroid dienone is 1. The predicted molar refractivity (Wildman–Crippen MR) is 64.2 cm³/mol. The van der Waals surface area contributed by atoms with Crippen LogP contribution in [0.25, 0.3) is 0 Å². The van der Waals surface area contributed by atoms with Crippen molar-refractivity contribution in [3.8, 4) is 5.75 Å². The van der Waals surface area contributed by atoms with E-state index in [0.29, 0.717) is 5.84 Å². The maximum atomic E-state index is 9.11. The highest BCUT2D eigenvalue weighted by molar-refractivity contribution is 6.04. The van der Waals surface area contributed by atoms with Gasteiger partial charge in [0, 0.05) is 11.9 Å². The largest absolute Gasteiger partial charge is 0.508 e. The molecule has 2 N–H and O–H groups in total. The minimum atomic E-state index is 0.244. The standard InChI is InChI=1S/C12H14N2O/c1-3-5-12(13-4-2)14-10-6-8-11(15)9-7-10/h3-9,15H,2H2,1H3,(H,13,14)/b5-3-. The lowest BCUT2D eigenvalue weighted by Crippen LogP contribution is -2.07. The van der Waals surface area contributed by atoms with Gasteiger partial charge in [-0.3, -0.25) is 0 Å². The number of aromatic hydroxyl groups is 1. The molecule has 0 radical (unpaired) electrons. The van der Waals surface area contributed by atoms with Crippen molar-refractivity contribution in [1.29, 1.82) is 0 Å². The Morgan fingerprint density at radius 1 is 1.40 bits per heavy atom. The average molecular weight is 202 g/mol. The van der Waals surface area contributed by atoms with Gasteiger partial charge in [-0.25, -0.2) is 4.99 Å². The molecular formula is C12H14N2O. The quantitative estimate of drug-likeness (QED) is 0.449. The number of phenols is 1. The molecule has 0 aliphatic rings. The summed E-state index contributed by atoms with van der Waals surface area (Å²) in [6, 6.07) is 6.78. The van der Waals surface area contributed by atoms with Gasteiger partial charge in [0.25, 0.3) is 0 Å². The highest BCUT2D eigenvalue weighted by Crippen LogP contribution is 2.13. The van der Waals surface area contributed by atoms with Crippen LogP contribution in [0.1, 0.15) is 6.92 Å². The van der Waals surface area contributed by atoms with E-state index in [-0.39, 0.29) is 5.75 Å². The Bertz CT molecular complexity index is 377. The summed E-state index contributed by atoms with van der Waals surface area (Å²) in [6.07, 6.45) is 5.20. The molecule has 0 saturated carbocycles. The molecule has 78 valence electrons. The van der Waals surface area contributed by atoms with Gasteiger partial charge < -0.3 is 10.4 Å². The van der Waals surface area contributed by atoms with Crippen LogP contribution in [0.15, 0.2) is 54.2 Å². The van der Waals surface area contributed by atoms with Crippen molar-refractivity contribution in [3.05, 3.63) is 49.2 Å². The Labute approximate surface area is 89.5 Å². The van der Waals surface area contributed by atoms with E-state index in [9.17, 15) is 0 Å². The zero-order valence-corrected chi connectivity index (χ0v) is 8.64. The molecule has 0 atom stereocenters. The summed E-state index contributed by atoms with van der Waals surface area (Å²) in [7, 11) is 0. The first-order valence-electron chi connectivity index (χ1n) is 4.63. The number of phenolic OH excluding ortho intramolecular Hbond substituents is 1. The SMILES string of the molecule is C=CN=C(/C=C\C)Nc1ccc(O)cc1. The lowest BCUT2D eigenvalue weighted by atomic mass is 10.3. The molecule has 1 rings (SSSR count). The highest BCUT2D eigenvalue weighted by atomic mass is 16.3. The van der Waals surface area contributed by atoms with E-state index in [4.69, 9.17) is 5.11 Å². The fraction of sp³-hybridized carbons (Fsp3) is 0.0833. The molecule has 0 aliphatic carbocycles. The van der Waals surface area contributed by atoms with Gasteiger partial charge in [-0.05, 0) is 37.3 Å². The summed E-state index contributed by atoms with van der Waals surface area (Å²) in [5, 5.41) is 12.2. The summed E-state index contributed by atoms with van der Waals surface area (Å²) in [5.41, 5.74) is 0.867. The second kappa shape index (κ2) is 5.65. The molecule has 1 aromatic rings. The third kappa shape index (κ3) is 3.68. The van der Waals surface area contributed by atoms with Gasteiger partial charge in [-0.1, -0.05) is 12.7 Å². The topological polar surface area (TPSA) is 44.6 Å². The first-order valence-corrected chi connectivity index (χ1v) is 4.63. The zero-order chi connectivity index (χ0) is 11.1. The number of nitrogens with one attached hydrogen (secondary N) is 1. The van der Waals surface area contributed by atoms with Gasteiger partial charge in [-0.15, -0.1) is 0 Å². The van der Waals surface area contributed by atoms with Crippen LogP contribution < -0.4 is 5.32 Å². The van der Waals surface area contributed by atoms with E-state index in [1.165, 1.54) is 6.20 Å². The van der Waals surface area contributed by atoms with Gasteiger partial charge in [0.15, 0.2) is 0 Å². The second-order valence-electron chi connectivity index (χ2n) is 2.87. The molecule has 0 fully saturated rings. The average Bonchev–Trinajstić information content (AvgIpc) is 2.22. The van der Waals surface area contributed by atoms with Gasteiger partial charge in [-0.2, -0.15) is 0 Å². The normalized spacial score (nSPS) is 11.7. The van der Waals surface area contributed by atoms with Crippen molar-refractivity contribution in [2.24, 2.45) is 4.99 Å². The Morgan fingerprint density at radius 3 is 2.60 bits per heavy atom. The molecule has 3 nitrogen and oxygen atoms in total. The smallest absolute Gasteiger partial charge is 0.129 e. The van der Waals surface area contributed by atoms with Gasteiger partial charge >= 0.3 is 0 Å². The Kier molecular flexibility index (Phi) is 4.16. The molecule has 3 heteroatoms. The van der Waals surface area contributed by atoms with Crippen LogP contribution in [0, 0.1) is 0 Å². The van der Waals surface area contributed by atoms with Crippen LogP contribution in [-0.2, 0) is 0 Å². The lowest BCUT2D eigenvalue weighted by Gasteiger charge is -2.05. The number of benzene rings is 1. The van der Waals surface area contributed by atoms with Crippen LogP contribution in [0.3, 0.4) is 0 Å². The Hall–Kier alpha value is -2.03. The fourth-order valence-electron chi connectivity index (χ4n) is 1.07. The molecule has 0 aromatic heterocycles. The molecule has 0 amide bonds. The van der Waals surface area contributed by atoms with Crippen molar-refractivity contribution < 1.29 is 5.11 Å².